The first-order valence-electron chi connectivity index (χ1n) is 6.05. The van der Waals surface area contributed by atoms with Crippen molar-refractivity contribution in [1.82, 2.24) is 4.90 Å². The molecule has 3 heteroatoms. The molecule has 1 aliphatic heterocycles. The van der Waals surface area contributed by atoms with E-state index in [2.05, 4.69) is 26.0 Å². The van der Waals surface area contributed by atoms with Crippen LogP contribution < -0.4 is 0 Å². The Hall–Kier alpha value is -1.35. The Morgan fingerprint density at radius 1 is 1.41 bits per heavy atom. The highest BCUT2D eigenvalue weighted by Crippen LogP contribution is 2.24. The van der Waals surface area contributed by atoms with Crippen LogP contribution in [0.15, 0.2) is 12.1 Å². The zero-order chi connectivity index (χ0) is 12.6. The van der Waals surface area contributed by atoms with Crippen LogP contribution >= 0.6 is 0 Å². The first kappa shape index (κ1) is 12.1. The van der Waals surface area contributed by atoms with E-state index in [9.17, 15) is 4.79 Å². The lowest BCUT2D eigenvalue weighted by Gasteiger charge is -2.32. The quantitative estimate of drug-likeness (QED) is 0.850. The number of hydrogen-bond acceptors (Lipinski definition) is 2. The molecular formula is C14H19NO2. The largest absolute Gasteiger partial charge is 0.480 e. The van der Waals surface area contributed by atoms with E-state index < -0.39 is 12.0 Å². The number of benzene rings is 1. The Kier molecular flexibility index (Phi) is 3.20. The van der Waals surface area contributed by atoms with Gasteiger partial charge in [-0.2, -0.15) is 0 Å². The van der Waals surface area contributed by atoms with Crippen LogP contribution in [0.3, 0.4) is 0 Å². The maximum Gasteiger partial charge on any atom is 0.320 e. The second kappa shape index (κ2) is 4.49. The molecule has 2 rings (SSSR count). The molecule has 0 saturated heterocycles. The molecule has 3 nitrogen and oxygen atoms in total. The molecule has 0 fully saturated rings. The van der Waals surface area contributed by atoms with Gasteiger partial charge in [-0.3, -0.25) is 9.69 Å². The van der Waals surface area contributed by atoms with Crippen molar-refractivity contribution in [1.29, 1.82) is 0 Å². The fourth-order valence-electron chi connectivity index (χ4n) is 2.62. The molecule has 1 atom stereocenters. The van der Waals surface area contributed by atoms with Crippen LogP contribution in [-0.4, -0.2) is 28.6 Å². The Bertz CT molecular complexity index is 454. The van der Waals surface area contributed by atoms with Crippen LogP contribution in [0.25, 0.3) is 0 Å². The van der Waals surface area contributed by atoms with Crippen LogP contribution in [0.5, 0.6) is 0 Å². The lowest BCUT2D eigenvalue weighted by molar-refractivity contribution is -0.143. The summed E-state index contributed by atoms with van der Waals surface area (Å²) in [5.41, 5.74) is 5.29. The van der Waals surface area contributed by atoms with Gasteiger partial charge in [0.05, 0.1) is 0 Å². The molecule has 1 aromatic rings. The first-order valence-corrected chi connectivity index (χ1v) is 6.05. The number of carboxylic acid groups (broad SMARTS) is 1. The Morgan fingerprint density at radius 3 is 2.76 bits per heavy atom. The summed E-state index contributed by atoms with van der Waals surface area (Å²) in [5, 5.41) is 9.05. The molecule has 1 aliphatic rings. The van der Waals surface area contributed by atoms with Crippen molar-refractivity contribution >= 4 is 5.97 Å². The van der Waals surface area contributed by atoms with E-state index in [4.69, 9.17) is 5.11 Å². The number of nitrogens with zero attached hydrogens (tertiary/aromatic N) is 1. The lowest BCUT2D eigenvalue weighted by Crippen LogP contribution is -2.42. The summed E-state index contributed by atoms with van der Waals surface area (Å²) in [6, 6.07) is 3.99. The second-order valence-electron chi connectivity index (χ2n) is 4.95. The van der Waals surface area contributed by atoms with E-state index in [1.165, 1.54) is 22.3 Å². The van der Waals surface area contributed by atoms with E-state index >= 15 is 0 Å². The highest BCUT2D eigenvalue weighted by Gasteiger charge is 2.25. The molecular weight excluding hydrogens is 214 g/mol. The smallest absolute Gasteiger partial charge is 0.320 e. The molecule has 0 aliphatic carbocycles. The summed E-state index contributed by atoms with van der Waals surface area (Å²) in [6.45, 7) is 7.58. The first-order chi connectivity index (χ1) is 7.99. The second-order valence-corrected chi connectivity index (χ2v) is 4.95. The van der Waals surface area contributed by atoms with Crippen molar-refractivity contribution in [3.8, 4) is 0 Å². The van der Waals surface area contributed by atoms with Crippen LogP contribution in [0.4, 0.5) is 0 Å². The van der Waals surface area contributed by atoms with E-state index in [0.717, 1.165) is 19.5 Å². The molecule has 0 aromatic heterocycles. The molecule has 0 spiro atoms. The number of rotatable bonds is 2. The summed E-state index contributed by atoms with van der Waals surface area (Å²) in [7, 11) is 0. The van der Waals surface area contributed by atoms with E-state index in [1.807, 2.05) is 4.90 Å². The molecule has 0 radical (unpaired) electrons. The minimum Gasteiger partial charge on any atom is -0.480 e. The third-order valence-electron chi connectivity index (χ3n) is 3.64. The SMILES string of the molecule is Cc1cc(C)c2c(c1)CN(C(C)C(=O)O)CC2. The van der Waals surface area contributed by atoms with Crippen molar-refractivity contribution in [2.24, 2.45) is 0 Å². The van der Waals surface area contributed by atoms with Gasteiger partial charge in [-0.25, -0.2) is 0 Å². The summed E-state index contributed by atoms with van der Waals surface area (Å²) < 4.78 is 0. The average molecular weight is 233 g/mol. The molecule has 1 heterocycles. The Balaban J connectivity index is 2.27. The molecule has 92 valence electrons. The third-order valence-corrected chi connectivity index (χ3v) is 3.64. The molecule has 0 amide bonds. The number of aryl methyl sites for hydroxylation is 2. The monoisotopic (exact) mass is 233 g/mol. The lowest BCUT2D eigenvalue weighted by atomic mass is 9.92. The van der Waals surface area contributed by atoms with E-state index in [0.29, 0.717) is 0 Å². The Labute approximate surface area is 102 Å². The van der Waals surface area contributed by atoms with Gasteiger partial charge in [0.1, 0.15) is 6.04 Å². The normalized spacial score (nSPS) is 17.6. The van der Waals surface area contributed by atoms with Crippen molar-refractivity contribution < 1.29 is 9.90 Å². The molecule has 1 unspecified atom stereocenters. The third kappa shape index (κ3) is 2.34. The number of hydrogen-bond donors (Lipinski definition) is 1. The molecule has 1 aromatic carbocycles. The van der Waals surface area contributed by atoms with Crippen molar-refractivity contribution in [3.05, 3.63) is 34.4 Å². The van der Waals surface area contributed by atoms with Gasteiger partial charge in [0, 0.05) is 13.1 Å². The average Bonchev–Trinajstić information content (AvgIpc) is 2.26. The maximum atomic E-state index is 11.0. The summed E-state index contributed by atoms with van der Waals surface area (Å²) in [6.07, 6.45) is 0.957. The van der Waals surface area contributed by atoms with Gasteiger partial charge < -0.3 is 5.11 Å². The summed E-state index contributed by atoms with van der Waals surface area (Å²) in [5.74, 6) is -0.738. The van der Waals surface area contributed by atoms with Gasteiger partial charge in [-0.05, 0) is 43.9 Å². The minimum absolute atomic E-state index is 0.399. The molecule has 17 heavy (non-hydrogen) atoms. The fraction of sp³-hybridized carbons (Fsp3) is 0.500. The molecule has 0 bridgehead atoms. The van der Waals surface area contributed by atoms with Gasteiger partial charge >= 0.3 is 5.97 Å². The molecule has 0 saturated carbocycles. The zero-order valence-corrected chi connectivity index (χ0v) is 10.7. The number of aliphatic carboxylic acids is 1. The van der Waals surface area contributed by atoms with Gasteiger partial charge in [0.25, 0.3) is 0 Å². The summed E-state index contributed by atoms with van der Waals surface area (Å²) >= 11 is 0. The van der Waals surface area contributed by atoms with Crippen LogP contribution in [0.2, 0.25) is 0 Å². The summed E-state index contributed by atoms with van der Waals surface area (Å²) in [4.78, 5) is 13.0. The van der Waals surface area contributed by atoms with Crippen LogP contribution in [0.1, 0.15) is 29.2 Å². The van der Waals surface area contributed by atoms with Gasteiger partial charge in [-0.1, -0.05) is 17.7 Å². The minimum atomic E-state index is -0.738. The van der Waals surface area contributed by atoms with Crippen molar-refractivity contribution in [2.45, 2.75) is 39.8 Å². The predicted molar refractivity (Wildman–Crippen MR) is 67.1 cm³/mol. The van der Waals surface area contributed by atoms with Crippen molar-refractivity contribution in [3.63, 3.8) is 0 Å². The maximum absolute atomic E-state index is 11.0. The highest BCUT2D eigenvalue weighted by molar-refractivity contribution is 5.73. The number of carboxylic acids is 1. The van der Waals surface area contributed by atoms with Crippen molar-refractivity contribution in [2.75, 3.05) is 6.54 Å². The number of fused-ring (bicyclic) bond motifs is 1. The molecule has 1 N–H and O–H groups in total. The fourth-order valence-corrected chi connectivity index (χ4v) is 2.62. The zero-order valence-electron chi connectivity index (χ0n) is 10.7. The van der Waals surface area contributed by atoms with Crippen LogP contribution in [-0.2, 0) is 17.8 Å². The standard InChI is InChI=1S/C14H19NO2/c1-9-6-10(2)13-4-5-15(8-12(13)7-9)11(3)14(16)17/h6-7,11H,4-5,8H2,1-3H3,(H,16,17). The van der Waals surface area contributed by atoms with Gasteiger partial charge in [0.2, 0.25) is 0 Å². The highest BCUT2D eigenvalue weighted by atomic mass is 16.4. The number of carbonyl (C=O) groups is 1. The van der Waals surface area contributed by atoms with E-state index in [-0.39, 0.29) is 0 Å². The predicted octanol–water partition coefficient (Wildman–Crippen LogP) is 2.13. The van der Waals surface area contributed by atoms with E-state index in [1.54, 1.807) is 6.92 Å². The topological polar surface area (TPSA) is 40.5 Å². The van der Waals surface area contributed by atoms with Crippen LogP contribution in [0, 0.1) is 13.8 Å². The Morgan fingerprint density at radius 2 is 2.12 bits per heavy atom. The van der Waals surface area contributed by atoms with Gasteiger partial charge in [-0.15, -0.1) is 0 Å². The van der Waals surface area contributed by atoms with Gasteiger partial charge in [0.15, 0.2) is 0 Å².